The van der Waals surface area contributed by atoms with Gasteiger partial charge in [-0.25, -0.2) is 4.39 Å². The Morgan fingerprint density at radius 2 is 1.81 bits per heavy atom. The molecule has 0 bridgehead atoms. The largest absolute Gasteiger partial charge is 0.389 e. The van der Waals surface area contributed by atoms with Crippen LogP contribution in [0.4, 0.5) is 4.39 Å². The summed E-state index contributed by atoms with van der Waals surface area (Å²) in [5.41, 5.74) is 0.0208. The van der Waals surface area contributed by atoms with Crippen LogP contribution in [-0.4, -0.2) is 16.3 Å². The predicted octanol–water partition coefficient (Wildman–Crippen LogP) is 2.44. The Balaban J connectivity index is 3.09. The number of aliphatic hydroxyl groups excluding tert-OH is 2. The lowest BCUT2D eigenvalue weighted by molar-refractivity contribution is 0.0217. The molecular formula is C10H8Cl2FNO2. The molecule has 1 rings (SSSR count). The Bertz CT molecular complexity index is 410. The van der Waals surface area contributed by atoms with E-state index in [1.165, 1.54) is 0 Å². The van der Waals surface area contributed by atoms with E-state index in [4.69, 9.17) is 28.5 Å². The number of aliphatic hydroxyl groups is 2. The zero-order valence-corrected chi connectivity index (χ0v) is 9.50. The van der Waals surface area contributed by atoms with Gasteiger partial charge in [0.25, 0.3) is 0 Å². The average Bonchev–Trinajstić information content (AvgIpc) is 2.16. The van der Waals surface area contributed by atoms with Gasteiger partial charge in [-0.3, -0.25) is 0 Å². The molecule has 0 aliphatic rings. The first-order valence-electron chi connectivity index (χ1n) is 4.35. The van der Waals surface area contributed by atoms with Gasteiger partial charge in [-0.05, 0) is 12.1 Å². The van der Waals surface area contributed by atoms with E-state index in [2.05, 4.69) is 0 Å². The maximum atomic E-state index is 12.9. The van der Waals surface area contributed by atoms with Gasteiger partial charge in [-0.1, -0.05) is 23.2 Å². The van der Waals surface area contributed by atoms with Crippen molar-refractivity contribution in [3.63, 3.8) is 0 Å². The van der Waals surface area contributed by atoms with Crippen molar-refractivity contribution in [3.05, 3.63) is 33.6 Å². The zero-order chi connectivity index (χ0) is 12.3. The molecule has 0 heterocycles. The summed E-state index contributed by atoms with van der Waals surface area (Å²) in [6.07, 6.45) is -3.00. The molecule has 3 nitrogen and oxygen atoms in total. The highest BCUT2D eigenvalue weighted by atomic mass is 35.5. The molecule has 1 aromatic rings. The van der Waals surface area contributed by atoms with Gasteiger partial charge in [0.2, 0.25) is 0 Å². The second kappa shape index (κ2) is 5.46. The van der Waals surface area contributed by atoms with Crippen LogP contribution in [0.2, 0.25) is 10.0 Å². The Labute approximate surface area is 102 Å². The molecule has 0 aromatic heterocycles. The van der Waals surface area contributed by atoms with E-state index in [0.29, 0.717) is 0 Å². The lowest BCUT2D eigenvalue weighted by atomic mass is 10.0. The maximum absolute atomic E-state index is 12.9. The number of benzene rings is 1. The molecule has 2 unspecified atom stereocenters. The number of nitrogens with zero attached hydrogens (tertiary/aromatic N) is 1. The Morgan fingerprint density at radius 3 is 2.25 bits per heavy atom. The lowest BCUT2D eigenvalue weighted by Gasteiger charge is -2.18. The summed E-state index contributed by atoms with van der Waals surface area (Å²) in [5.74, 6) is -0.638. The van der Waals surface area contributed by atoms with Crippen LogP contribution in [0.15, 0.2) is 12.1 Å². The van der Waals surface area contributed by atoms with Crippen LogP contribution in [-0.2, 0) is 0 Å². The quantitative estimate of drug-likeness (QED) is 0.881. The summed E-state index contributed by atoms with van der Waals surface area (Å²) >= 11 is 11.4. The maximum Gasteiger partial charge on any atom is 0.126 e. The van der Waals surface area contributed by atoms with Gasteiger partial charge in [-0.15, -0.1) is 0 Å². The number of nitriles is 1. The first-order valence-corrected chi connectivity index (χ1v) is 5.10. The molecule has 0 radical (unpaired) electrons. The van der Waals surface area contributed by atoms with Crippen molar-refractivity contribution in [1.82, 2.24) is 0 Å². The van der Waals surface area contributed by atoms with Crippen LogP contribution >= 0.6 is 23.2 Å². The van der Waals surface area contributed by atoms with Crippen molar-refractivity contribution in [2.75, 3.05) is 0 Å². The second-order valence-corrected chi connectivity index (χ2v) is 3.97. The van der Waals surface area contributed by atoms with Crippen LogP contribution in [0.1, 0.15) is 18.1 Å². The van der Waals surface area contributed by atoms with Crippen LogP contribution < -0.4 is 0 Å². The summed E-state index contributed by atoms with van der Waals surface area (Å²) in [7, 11) is 0. The van der Waals surface area contributed by atoms with Crippen LogP contribution in [0, 0.1) is 17.1 Å². The van der Waals surface area contributed by atoms with Gasteiger partial charge in [0.1, 0.15) is 11.9 Å². The minimum absolute atomic E-state index is 0.0208. The fourth-order valence-corrected chi connectivity index (χ4v) is 1.92. The number of hydrogen-bond donors (Lipinski definition) is 2. The third kappa shape index (κ3) is 2.83. The van der Waals surface area contributed by atoms with E-state index in [1.54, 1.807) is 6.07 Å². The predicted molar refractivity (Wildman–Crippen MR) is 57.6 cm³/mol. The minimum atomic E-state index is -1.42. The van der Waals surface area contributed by atoms with E-state index in [1.807, 2.05) is 0 Å². The Morgan fingerprint density at radius 1 is 1.31 bits per heavy atom. The molecule has 0 saturated carbocycles. The first-order chi connectivity index (χ1) is 7.47. The Kier molecular flexibility index (Phi) is 4.51. The van der Waals surface area contributed by atoms with E-state index >= 15 is 0 Å². The van der Waals surface area contributed by atoms with E-state index < -0.39 is 18.0 Å². The molecule has 16 heavy (non-hydrogen) atoms. The summed E-state index contributed by atoms with van der Waals surface area (Å²) < 4.78 is 12.9. The third-order valence-corrected chi connectivity index (χ3v) is 2.63. The summed E-state index contributed by atoms with van der Waals surface area (Å²) in [6.45, 7) is 0. The van der Waals surface area contributed by atoms with E-state index in [0.717, 1.165) is 12.1 Å². The first kappa shape index (κ1) is 13.2. The third-order valence-electron chi connectivity index (χ3n) is 2.00. The van der Waals surface area contributed by atoms with Crippen molar-refractivity contribution < 1.29 is 14.6 Å². The highest BCUT2D eigenvalue weighted by Crippen LogP contribution is 2.33. The average molecular weight is 264 g/mol. The van der Waals surface area contributed by atoms with Gasteiger partial charge in [0.05, 0.1) is 28.6 Å². The smallest absolute Gasteiger partial charge is 0.126 e. The standard InChI is InChI=1S/C10H8Cl2FNO2/c11-6-3-5(13)4-7(12)9(6)10(16)8(15)1-2-14/h3-4,8,10,15-16H,1H2. The molecule has 0 fully saturated rings. The van der Waals surface area contributed by atoms with Gasteiger partial charge >= 0.3 is 0 Å². The molecule has 0 aliphatic heterocycles. The monoisotopic (exact) mass is 263 g/mol. The number of hydrogen-bond acceptors (Lipinski definition) is 3. The van der Waals surface area contributed by atoms with Gasteiger partial charge < -0.3 is 10.2 Å². The zero-order valence-electron chi connectivity index (χ0n) is 7.99. The fourth-order valence-electron chi connectivity index (χ4n) is 1.23. The van der Waals surface area contributed by atoms with Crippen LogP contribution in [0.25, 0.3) is 0 Å². The van der Waals surface area contributed by atoms with Crippen molar-refractivity contribution in [2.45, 2.75) is 18.6 Å². The van der Waals surface area contributed by atoms with E-state index in [-0.39, 0.29) is 22.0 Å². The molecule has 1 aromatic carbocycles. The molecule has 86 valence electrons. The molecule has 0 saturated heterocycles. The normalized spacial score (nSPS) is 14.2. The number of rotatable bonds is 3. The molecule has 0 aliphatic carbocycles. The van der Waals surface area contributed by atoms with Crippen LogP contribution in [0.3, 0.4) is 0 Å². The van der Waals surface area contributed by atoms with Crippen molar-refractivity contribution in [1.29, 1.82) is 5.26 Å². The van der Waals surface area contributed by atoms with Crippen molar-refractivity contribution in [2.24, 2.45) is 0 Å². The number of halogens is 3. The molecular weight excluding hydrogens is 256 g/mol. The molecule has 0 amide bonds. The SMILES string of the molecule is N#CCC(O)C(O)c1c(Cl)cc(F)cc1Cl. The minimum Gasteiger partial charge on any atom is -0.389 e. The Hall–Kier alpha value is -0.860. The van der Waals surface area contributed by atoms with Crippen molar-refractivity contribution in [3.8, 4) is 6.07 Å². The fraction of sp³-hybridized carbons (Fsp3) is 0.300. The van der Waals surface area contributed by atoms with Gasteiger partial charge in [0.15, 0.2) is 0 Å². The molecule has 2 atom stereocenters. The molecule has 6 heteroatoms. The highest BCUT2D eigenvalue weighted by molar-refractivity contribution is 6.36. The summed E-state index contributed by atoms with van der Waals surface area (Å²) in [5, 5.41) is 27.3. The summed E-state index contributed by atoms with van der Waals surface area (Å²) in [4.78, 5) is 0. The topological polar surface area (TPSA) is 64.2 Å². The van der Waals surface area contributed by atoms with Gasteiger partial charge in [0, 0.05) is 5.56 Å². The highest BCUT2D eigenvalue weighted by Gasteiger charge is 2.23. The van der Waals surface area contributed by atoms with Crippen LogP contribution in [0.5, 0.6) is 0 Å². The lowest BCUT2D eigenvalue weighted by Crippen LogP contribution is -2.18. The molecule has 2 N–H and O–H groups in total. The second-order valence-electron chi connectivity index (χ2n) is 3.16. The molecule has 0 spiro atoms. The van der Waals surface area contributed by atoms with E-state index in [9.17, 15) is 14.6 Å². The van der Waals surface area contributed by atoms with Gasteiger partial charge in [-0.2, -0.15) is 5.26 Å². The van der Waals surface area contributed by atoms with Crippen molar-refractivity contribution >= 4 is 23.2 Å². The summed E-state index contributed by atoms with van der Waals surface area (Å²) in [6, 6.07) is 3.65.